The van der Waals surface area contributed by atoms with Gasteiger partial charge < -0.3 is 15.2 Å². The second kappa shape index (κ2) is 7.73. The molecule has 1 saturated carbocycles. The number of hydrogen-bond donors (Lipinski definition) is 2. The van der Waals surface area contributed by atoms with Crippen LogP contribution in [0, 0.1) is 5.41 Å². The van der Waals surface area contributed by atoms with Crippen molar-refractivity contribution >= 4 is 11.7 Å². The molecule has 1 amide bonds. The van der Waals surface area contributed by atoms with Crippen LogP contribution in [0.5, 0.6) is 5.75 Å². The van der Waals surface area contributed by atoms with Crippen LogP contribution in [0.2, 0.25) is 0 Å². The molecule has 0 spiro atoms. The normalized spacial score (nSPS) is 21.5. The van der Waals surface area contributed by atoms with Gasteiger partial charge >= 0.3 is 6.18 Å². The molecule has 1 aliphatic carbocycles. The van der Waals surface area contributed by atoms with E-state index in [9.17, 15) is 27.9 Å². The van der Waals surface area contributed by atoms with Crippen LogP contribution in [0.3, 0.4) is 0 Å². The summed E-state index contributed by atoms with van der Waals surface area (Å²) < 4.78 is 45.2. The first-order valence-corrected chi connectivity index (χ1v) is 9.11. The molecule has 1 fully saturated rings. The van der Waals surface area contributed by atoms with Crippen molar-refractivity contribution in [3.63, 3.8) is 0 Å². The maximum atomic E-state index is 13.2. The van der Waals surface area contributed by atoms with E-state index >= 15 is 0 Å². The third-order valence-corrected chi connectivity index (χ3v) is 4.79. The molecule has 156 valence electrons. The van der Waals surface area contributed by atoms with Gasteiger partial charge in [0, 0.05) is 19.4 Å². The highest BCUT2D eigenvalue weighted by atomic mass is 19.4. The summed E-state index contributed by atoms with van der Waals surface area (Å²) in [6, 6.07) is 3.31. The minimum Gasteiger partial charge on any atom is -0.488 e. The predicted octanol–water partition coefficient (Wildman–Crippen LogP) is 3.62. The Hall–Kier alpha value is -2.09. The highest BCUT2D eigenvalue weighted by Gasteiger charge is 2.48. The third-order valence-electron chi connectivity index (χ3n) is 4.79. The number of halogens is 3. The third kappa shape index (κ3) is 5.25. The first kappa shape index (κ1) is 22.2. The van der Waals surface area contributed by atoms with Crippen LogP contribution >= 0.6 is 0 Å². The molecule has 1 aromatic carbocycles. The standard InChI is InChI=1S/C20H26F3NO4/c1-12(25)19(6-5-15(26)10-19)17(27)24-11-13-7-14(20(21,22)23)9-16(8-13)28-18(2,3)4/h7-9,12,25H,5-6,10-11H2,1-4H3,(H,24,27). The molecule has 0 bridgehead atoms. The van der Waals surface area contributed by atoms with E-state index in [2.05, 4.69) is 5.32 Å². The summed E-state index contributed by atoms with van der Waals surface area (Å²) in [5.41, 5.74) is -2.58. The number of carbonyl (C=O) groups excluding carboxylic acids is 2. The van der Waals surface area contributed by atoms with Crippen molar-refractivity contribution in [3.8, 4) is 5.75 Å². The monoisotopic (exact) mass is 401 g/mol. The number of alkyl halides is 3. The van der Waals surface area contributed by atoms with E-state index in [1.165, 1.54) is 13.0 Å². The van der Waals surface area contributed by atoms with Crippen LogP contribution in [0.1, 0.15) is 58.1 Å². The average molecular weight is 401 g/mol. The zero-order valence-electron chi connectivity index (χ0n) is 16.4. The maximum Gasteiger partial charge on any atom is 0.416 e. The van der Waals surface area contributed by atoms with Crippen LogP contribution in [0.25, 0.3) is 0 Å². The molecule has 1 aromatic rings. The SMILES string of the molecule is CC(O)C1(C(=O)NCc2cc(OC(C)(C)C)cc(C(F)(F)F)c2)CCC(=O)C1. The summed E-state index contributed by atoms with van der Waals surface area (Å²) >= 11 is 0. The number of nitrogens with one attached hydrogen (secondary N) is 1. The number of ketones is 1. The van der Waals surface area contributed by atoms with Gasteiger partial charge in [-0.1, -0.05) is 0 Å². The van der Waals surface area contributed by atoms with Crippen molar-refractivity contribution in [2.75, 3.05) is 0 Å². The molecule has 0 aromatic heterocycles. The number of rotatable bonds is 5. The van der Waals surface area contributed by atoms with Gasteiger partial charge in [-0.05, 0) is 57.9 Å². The van der Waals surface area contributed by atoms with Crippen LogP contribution in [-0.4, -0.2) is 28.5 Å². The first-order valence-electron chi connectivity index (χ1n) is 9.11. The minimum absolute atomic E-state index is 0.0489. The van der Waals surface area contributed by atoms with Gasteiger partial charge in [-0.25, -0.2) is 0 Å². The Balaban J connectivity index is 2.24. The quantitative estimate of drug-likeness (QED) is 0.790. The highest BCUT2D eigenvalue weighted by Crippen LogP contribution is 2.40. The lowest BCUT2D eigenvalue weighted by molar-refractivity contribution is -0.138. The smallest absolute Gasteiger partial charge is 0.416 e. The molecule has 1 aliphatic rings. The zero-order chi connectivity index (χ0) is 21.3. The van der Waals surface area contributed by atoms with Crippen LogP contribution < -0.4 is 10.1 Å². The Labute approximate surface area is 162 Å². The van der Waals surface area contributed by atoms with Crippen LogP contribution in [0.15, 0.2) is 18.2 Å². The molecule has 0 heterocycles. The largest absolute Gasteiger partial charge is 0.488 e. The molecule has 2 N–H and O–H groups in total. The summed E-state index contributed by atoms with van der Waals surface area (Å²) in [5.74, 6) is -0.604. The summed E-state index contributed by atoms with van der Waals surface area (Å²) in [6.45, 7) is 6.43. The molecule has 28 heavy (non-hydrogen) atoms. The number of ether oxygens (including phenoxy) is 1. The molecule has 5 nitrogen and oxygen atoms in total. The lowest BCUT2D eigenvalue weighted by Crippen LogP contribution is -2.46. The molecular formula is C20H26F3NO4. The van der Waals surface area contributed by atoms with Crippen molar-refractivity contribution in [2.24, 2.45) is 5.41 Å². The van der Waals surface area contributed by atoms with E-state index in [1.807, 2.05) is 0 Å². The number of carbonyl (C=O) groups is 2. The van der Waals surface area contributed by atoms with Crippen molar-refractivity contribution < 1.29 is 32.6 Å². The Kier molecular flexibility index (Phi) is 6.13. The number of Topliss-reactive ketones (excluding diaryl/α,β-unsaturated/α-hetero) is 1. The predicted molar refractivity (Wildman–Crippen MR) is 96.6 cm³/mol. The molecule has 0 radical (unpaired) electrons. The Morgan fingerprint density at radius 2 is 1.93 bits per heavy atom. The second-order valence-electron chi connectivity index (χ2n) is 8.31. The Morgan fingerprint density at radius 3 is 2.39 bits per heavy atom. The van der Waals surface area contributed by atoms with E-state index < -0.39 is 34.8 Å². The molecule has 2 rings (SSSR count). The summed E-state index contributed by atoms with van der Waals surface area (Å²) in [5, 5.41) is 12.6. The number of aliphatic hydroxyl groups excluding tert-OH is 1. The maximum absolute atomic E-state index is 13.2. The molecule has 8 heteroatoms. The average Bonchev–Trinajstić information content (AvgIpc) is 2.93. The molecule has 2 atom stereocenters. The fourth-order valence-electron chi connectivity index (χ4n) is 3.33. The lowest BCUT2D eigenvalue weighted by atomic mass is 9.80. The molecule has 2 unspecified atom stereocenters. The number of aliphatic hydroxyl groups is 1. The number of benzene rings is 1. The van der Waals surface area contributed by atoms with Crippen molar-refractivity contribution in [1.82, 2.24) is 5.32 Å². The summed E-state index contributed by atoms with van der Waals surface area (Å²) in [7, 11) is 0. The topological polar surface area (TPSA) is 75.6 Å². The van der Waals surface area contributed by atoms with E-state index in [0.717, 1.165) is 12.1 Å². The molecule has 0 aliphatic heterocycles. The van der Waals surface area contributed by atoms with Gasteiger partial charge in [0.25, 0.3) is 0 Å². The van der Waals surface area contributed by atoms with Gasteiger partial charge in [-0.3, -0.25) is 9.59 Å². The Morgan fingerprint density at radius 1 is 1.29 bits per heavy atom. The Bertz CT molecular complexity index is 753. The van der Waals surface area contributed by atoms with Crippen molar-refractivity contribution in [3.05, 3.63) is 29.3 Å². The first-order chi connectivity index (χ1) is 12.7. The minimum atomic E-state index is -4.56. The van der Waals surface area contributed by atoms with Crippen LogP contribution in [0.4, 0.5) is 13.2 Å². The summed E-state index contributed by atoms with van der Waals surface area (Å²) in [6.07, 6.45) is -5.26. The highest BCUT2D eigenvalue weighted by molar-refractivity contribution is 5.93. The lowest BCUT2D eigenvalue weighted by Gasteiger charge is -2.30. The van der Waals surface area contributed by atoms with Gasteiger partial charge in [0.15, 0.2) is 0 Å². The van der Waals surface area contributed by atoms with Gasteiger partial charge in [0.1, 0.15) is 17.1 Å². The zero-order valence-corrected chi connectivity index (χ0v) is 16.4. The van der Waals surface area contributed by atoms with Gasteiger partial charge in [-0.2, -0.15) is 13.2 Å². The molecular weight excluding hydrogens is 375 g/mol. The van der Waals surface area contributed by atoms with Crippen molar-refractivity contribution in [1.29, 1.82) is 0 Å². The number of amides is 1. The van der Waals surface area contributed by atoms with Gasteiger partial charge in [0.05, 0.1) is 17.1 Å². The van der Waals surface area contributed by atoms with E-state index in [0.29, 0.717) is 0 Å². The van der Waals surface area contributed by atoms with E-state index in [4.69, 9.17) is 4.74 Å². The summed E-state index contributed by atoms with van der Waals surface area (Å²) in [4.78, 5) is 24.3. The van der Waals surface area contributed by atoms with Crippen molar-refractivity contribution in [2.45, 2.75) is 71.4 Å². The fraction of sp³-hybridized carbons (Fsp3) is 0.600. The second-order valence-corrected chi connectivity index (χ2v) is 8.31. The number of hydrogen-bond acceptors (Lipinski definition) is 4. The van der Waals surface area contributed by atoms with E-state index in [1.54, 1.807) is 20.8 Å². The van der Waals surface area contributed by atoms with Gasteiger partial charge in [-0.15, -0.1) is 0 Å². The van der Waals surface area contributed by atoms with Gasteiger partial charge in [0.2, 0.25) is 5.91 Å². The van der Waals surface area contributed by atoms with E-state index in [-0.39, 0.29) is 42.9 Å². The van der Waals surface area contributed by atoms with Crippen LogP contribution in [-0.2, 0) is 22.3 Å². The fourth-order valence-corrected chi connectivity index (χ4v) is 3.33. The molecule has 0 saturated heterocycles.